The zero-order valence-electron chi connectivity index (χ0n) is 27.2. The zero-order chi connectivity index (χ0) is 31.0. The van der Waals surface area contributed by atoms with Gasteiger partial charge in [-0.15, -0.1) is 0 Å². The van der Waals surface area contributed by atoms with Gasteiger partial charge in [-0.3, -0.25) is 9.69 Å². The Morgan fingerprint density at radius 2 is 1.70 bits per heavy atom. The smallest absolute Gasteiger partial charge is 0.162 e. The van der Waals surface area contributed by atoms with Gasteiger partial charge < -0.3 is 25.2 Å². The Labute approximate surface area is 264 Å². The van der Waals surface area contributed by atoms with Crippen LogP contribution in [0.4, 0.5) is 0 Å². The minimum absolute atomic E-state index is 0.0174. The molecular formula is C37H57NO6. The zero-order valence-corrected chi connectivity index (χ0v) is 27.2. The molecule has 0 aromatic rings. The summed E-state index contributed by atoms with van der Waals surface area (Å²) in [6.07, 6.45) is 19.4. The van der Waals surface area contributed by atoms with Crippen LogP contribution in [0.15, 0.2) is 23.8 Å². The van der Waals surface area contributed by atoms with E-state index in [9.17, 15) is 25.2 Å². The molecule has 8 rings (SSSR count). The molecule has 0 aromatic carbocycles. The third kappa shape index (κ3) is 4.53. The summed E-state index contributed by atoms with van der Waals surface area (Å²) in [5.74, 6) is 0.901. The fourth-order valence-corrected chi connectivity index (χ4v) is 12.2. The topological polar surface area (TPSA) is 110 Å². The first kappa shape index (κ1) is 31.5. The van der Waals surface area contributed by atoms with Crippen LogP contribution >= 0.6 is 0 Å². The van der Waals surface area contributed by atoms with Gasteiger partial charge in [-0.05, 0) is 87.9 Å². The number of hydrogen-bond donors (Lipinski definition) is 4. The van der Waals surface area contributed by atoms with Gasteiger partial charge in [-0.2, -0.15) is 0 Å². The van der Waals surface area contributed by atoms with Gasteiger partial charge in [-0.25, -0.2) is 0 Å². The Morgan fingerprint density at radius 1 is 0.977 bits per heavy atom. The number of allylic oxidation sites excluding steroid dienone is 4. The predicted octanol–water partition coefficient (Wildman–Crippen LogP) is 4.56. The second kappa shape index (κ2) is 11.3. The van der Waals surface area contributed by atoms with Crippen molar-refractivity contribution in [2.75, 3.05) is 32.8 Å². The number of fused-ring (bicyclic) bond motifs is 1. The van der Waals surface area contributed by atoms with Crippen molar-refractivity contribution >= 4 is 5.78 Å². The van der Waals surface area contributed by atoms with Gasteiger partial charge in [0.1, 0.15) is 0 Å². The summed E-state index contributed by atoms with van der Waals surface area (Å²) in [5.41, 5.74) is -1.05. The fraction of sp³-hybridized carbons (Fsp3) is 0.865. The number of ether oxygens (including phenoxy) is 1. The lowest BCUT2D eigenvalue weighted by atomic mass is 9.32. The van der Waals surface area contributed by atoms with E-state index in [-0.39, 0.29) is 41.5 Å². The molecule has 0 radical (unpaired) electrons. The van der Waals surface area contributed by atoms with Gasteiger partial charge in [-0.1, -0.05) is 51.3 Å². The monoisotopic (exact) mass is 611 g/mol. The second-order valence-corrected chi connectivity index (χ2v) is 16.7. The standard InChI is InChI=1S/C37H57NO6/c1-33-13-10-26(40)19-35(33)16-17-37(29(20-35)32(42)25-7-4-3-5-8-25)30(33)11-14-34(2)31(37)12-15-36(34,43)24-38(21-27(41)23-39)22-28-9-6-18-44-28/h16-17,20,25-28,30-31,39-41,43H,3-15,18-19,21-24H2,1-2H3/t26?,27-,28+,30+,31+,33+,34-,35-,36+,37+/m0/s1. The minimum Gasteiger partial charge on any atom is -0.394 e. The van der Waals surface area contributed by atoms with Gasteiger partial charge in [0.25, 0.3) is 0 Å². The molecule has 2 spiro atoms. The Hall–Kier alpha value is -1.09. The summed E-state index contributed by atoms with van der Waals surface area (Å²) < 4.78 is 5.96. The van der Waals surface area contributed by atoms with E-state index in [1.807, 2.05) is 0 Å². The first-order valence-corrected chi connectivity index (χ1v) is 18.0. The molecule has 5 fully saturated rings. The lowest BCUT2D eigenvalue weighted by molar-refractivity contribution is -0.181. The van der Waals surface area contributed by atoms with Crippen LogP contribution < -0.4 is 0 Å². The van der Waals surface area contributed by atoms with E-state index < -0.39 is 22.5 Å². The van der Waals surface area contributed by atoms with Crippen molar-refractivity contribution in [2.24, 2.45) is 39.4 Å². The average molecular weight is 612 g/mol. The number of aliphatic hydroxyl groups is 4. The van der Waals surface area contributed by atoms with Crippen molar-refractivity contribution in [2.45, 2.75) is 128 Å². The Bertz CT molecular complexity index is 1170. The number of ketones is 1. The van der Waals surface area contributed by atoms with E-state index in [4.69, 9.17) is 4.74 Å². The normalized spacial score (nSPS) is 47.3. The first-order valence-electron chi connectivity index (χ1n) is 18.0. The van der Waals surface area contributed by atoms with Crippen molar-refractivity contribution in [1.29, 1.82) is 0 Å². The van der Waals surface area contributed by atoms with Crippen LogP contribution in [0, 0.1) is 39.4 Å². The molecule has 1 saturated heterocycles. The van der Waals surface area contributed by atoms with E-state index in [0.29, 0.717) is 44.2 Å². The van der Waals surface area contributed by atoms with E-state index in [1.54, 1.807) is 0 Å². The second-order valence-electron chi connectivity index (χ2n) is 16.7. The molecule has 7 nitrogen and oxygen atoms in total. The van der Waals surface area contributed by atoms with E-state index >= 15 is 0 Å². The molecule has 0 aromatic heterocycles. The molecule has 7 heteroatoms. The number of Topliss-reactive ketones (excluding diaryl/α,β-unsaturated/α-hetero) is 1. The lowest BCUT2D eigenvalue weighted by Crippen LogP contribution is -2.67. The summed E-state index contributed by atoms with van der Waals surface area (Å²) in [6.45, 7) is 6.57. The van der Waals surface area contributed by atoms with Crippen molar-refractivity contribution < 1.29 is 30.0 Å². The van der Waals surface area contributed by atoms with E-state index in [2.05, 4.69) is 37.0 Å². The molecule has 8 aliphatic rings. The third-order valence-electron chi connectivity index (χ3n) is 14.6. The number of nitrogens with zero attached hydrogens (tertiary/aromatic N) is 1. The molecule has 1 unspecified atom stereocenters. The molecule has 44 heavy (non-hydrogen) atoms. The molecular weight excluding hydrogens is 554 g/mol. The van der Waals surface area contributed by atoms with Crippen LogP contribution in [0.2, 0.25) is 0 Å². The number of carbonyl (C=O) groups is 1. The molecule has 0 amide bonds. The number of carbonyl (C=O) groups excluding carboxylic acids is 1. The maximum atomic E-state index is 14.7. The van der Waals surface area contributed by atoms with E-state index in [1.165, 1.54) is 6.42 Å². The fourth-order valence-electron chi connectivity index (χ4n) is 12.2. The molecule has 246 valence electrons. The van der Waals surface area contributed by atoms with Crippen molar-refractivity contribution in [1.82, 2.24) is 4.90 Å². The summed E-state index contributed by atoms with van der Waals surface area (Å²) in [7, 11) is 0. The number of aliphatic hydroxyl groups excluding tert-OH is 3. The lowest BCUT2D eigenvalue weighted by Gasteiger charge is -2.71. The summed E-state index contributed by atoms with van der Waals surface area (Å²) >= 11 is 0. The van der Waals surface area contributed by atoms with Crippen LogP contribution in [0.3, 0.4) is 0 Å². The predicted molar refractivity (Wildman–Crippen MR) is 169 cm³/mol. The maximum Gasteiger partial charge on any atom is 0.162 e. The number of rotatable bonds is 9. The molecule has 1 aliphatic heterocycles. The highest BCUT2D eigenvalue weighted by Crippen LogP contribution is 2.78. The van der Waals surface area contributed by atoms with E-state index in [0.717, 1.165) is 82.8 Å². The molecule has 4 N–H and O–H groups in total. The van der Waals surface area contributed by atoms with Crippen molar-refractivity contribution in [3.8, 4) is 0 Å². The maximum absolute atomic E-state index is 14.7. The molecule has 1 heterocycles. The van der Waals surface area contributed by atoms with Crippen LogP contribution in [-0.4, -0.2) is 87.9 Å². The van der Waals surface area contributed by atoms with Crippen LogP contribution in [0.1, 0.15) is 104 Å². The Kier molecular flexibility index (Phi) is 8.07. The Balaban J connectivity index is 1.27. The quantitative estimate of drug-likeness (QED) is 0.283. The van der Waals surface area contributed by atoms with Gasteiger partial charge >= 0.3 is 0 Å². The van der Waals surface area contributed by atoms with Gasteiger partial charge in [0.15, 0.2) is 5.78 Å². The van der Waals surface area contributed by atoms with Crippen molar-refractivity contribution in [3.63, 3.8) is 0 Å². The molecule has 4 saturated carbocycles. The summed E-state index contributed by atoms with van der Waals surface area (Å²) in [6, 6.07) is 0. The highest BCUT2D eigenvalue weighted by molar-refractivity contribution is 6.00. The molecule has 7 aliphatic carbocycles. The Morgan fingerprint density at radius 3 is 2.43 bits per heavy atom. The summed E-state index contributed by atoms with van der Waals surface area (Å²) in [5, 5.41) is 43.9. The summed E-state index contributed by atoms with van der Waals surface area (Å²) in [4.78, 5) is 16.9. The highest BCUT2D eigenvalue weighted by atomic mass is 16.5. The number of hydrogen-bond acceptors (Lipinski definition) is 7. The minimum atomic E-state index is -0.979. The van der Waals surface area contributed by atoms with Gasteiger partial charge in [0.05, 0.1) is 30.5 Å². The van der Waals surface area contributed by atoms with Crippen LogP contribution in [0.25, 0.3) is 0 Å². The highest BCUT2D eigenvalue weighted by Gasteiger charge is 2.74. The average Bonchev–Trinajstić information content (AvgIpc) is 3.62. The SMILES string of the molecule is C[C@]12CC[C@H]3[C@]4(C=C[C@@]5(C=C4C(=O)C4CCCCC4)CC(O)CC[C@]35C)[C@@H]1CC[C@@]2(O)CN(C[C@H](O)CO)C[C@H]1CCCO1. The van der Waals surface area contributed by atoms with Crippen molar-refractivity contribution in [3.05, 3.63) is 23.8 Å². The molecule has 10 atom stereocenters. The van der Waals surface area contributed by atoms with Gasteiger partial charge in [0.2, 0.25) is 0 Å². The first-order chi connectivity index (χ1) is 21.0. The third-order valence-corrected chi connectivity index (χ3v) is 14.6. The van der Waals surface area contributed by atoms with Crippen LogP contribution in [-0.2, 0) is 9.53 Å². The molecule has 2 bridgehead atoms. The van der Waals surface area contributed by atoms with Crippen LogP contribution in [0.5, 0.6) is 0 Å². The largest absolute Gasteiger partial charge is 0.394 e. The van der Waals surface area contributed by atoms with Gasteiger partial charge in [0, 0.05) is 54.0 Å².